The molecule has 0 bridgehead atoms. The van der Waals surface area contributed by atoms with Crippen LogP contribution in [0.2, 0.25) is 0 Å². The quantitative estimate of drug-likeness (QED) is 0.684. The third-order valence-corrected chi connectivity index (χ3v) is 2.71. The second kappa shape index (κ2) is 8.30. The molecule has 1 amide bonds. The van der Waals surface area contributed by atoms with Crippen LogP contribution >= 0.6 is 12.4 Å². The van der Waals surface area contributed by atoms with E-state index in [0.717, 1.165) is 11.1 Å². The molecule has 0 aliphatic carbocycles. The molecule has 2 rings (SSSR count). The minimum absolute atomic E-state index is 0. The van der Waals surface area contributed by atoms with Crippen molar-refractivity contribution in [2.75, 3.05) is 13.7 Å². The number of nitrogens with one attached hydrogen (secondary N) is 2. The van der Waals surface area contributed by atoms with Crippen LogP contribution in [0.25, 0.3) is 11.4 Å². The molecule has 0 aliphatic rings. The Labute approximate surface area is 127 Å². The number of hydrogen-bond acceptors (Lipinski definition) is 6. The van der Waals surface area contributed by atoms with E-state index in [1.54, 1.807) is 0 Å². The maximum absolute atomic E-state index is 11.6. The van der Waals surface area contributed by atoms with Crippen LogP contribution in [0.4, 0.5) is 0 Å². The van der Waals surface area contributed by atoms with Crippen LogP contribution in [-0.2, 0) is 16.1 Å². The Morgan fingerprint density at radius 2 is 2.14 bits per heavy atom. The van der Waals surface area contributed by atoms with Gasteiger partial charge in [-0.3, -0.25) is 4.79 Å². The van der Waals surface area contributed by atoms with Crippen molar-refractivity contribution in [3.63, 3.8) is 0 Å². The van der Waals surface area contributed by atoms with Gasteiger partial charge in [0.25, 0.3) is 0 Å². The molecule has 0 radical (unpaired) electrons. The van der Waals surface area contributed by atoms with E-state index in [-0.39, 0.29) is 24.9 Å². The zero-order chi connectivity index (χ0) is 14.4. The summed E-state index contributed by atoms with van der Waals surface area (Å²) in [5.74, 6) is 0.289. The summed E-state index contributed by atoms with van der Waals surface area (Å²) in [6.45, 7) is 0.603. The standard InChI is InChI=1S/C12H16N6O2.ClH/c1-20-7-10(13)12(19)14-6-8-2-4-9(5-3-8)11-15-17-18-16-11;/h2-5,10H,6-7,13H2,1H3,(H,14,19)(H,15,16,17,18);1H. The van der Waals surface area contributed by atoms with Gasteiger partial charge in [0.2, 0.25) is 11.7 Å². The lowest BCUT2D eigenvalue weighted by Gasteiger charge is -2.11. The number of ether oxygens (including phenoxy) is 1. The number of hydrogen-bond donors (Lipinski definition) is 3. The molecule has 1 aromatic heterocycles. The van der Waals surface area contributed by atoms with Gasteiger partial charge in [0.15, 0.2) is 0 Å². The molecule has 0 fully saturated rings. The summed E-state index contributed by atoms with van der Waals surface area (Å²) in [6.07, 6.45) is 0. The van der Waals surface area contributed by atoms with Gasteiger partial charge >= 0.3 is 0 Å². The predicted molar refractivity (Wildman–Crippen MR) is 78.6 cm³/mol. The third kappa shape index (κ3) is 4.78. The minimum Gasteiger partial charge on any atom is -0.383 e. The summed E-state index contributed by atoms with van der Waals surface area (Å²) in [7, 11) is 1.50. The Balaban J connectivity index is 0.00000220. The molecule has 21 heavy (non-hydrogen) atoms. The smallest absolute Gasteiger partial charge is 0.239 e. The zero-order valence-electron chi connectivity index (χ0n) is 11.4. The van der Waals surface area contributed by atoms with Crippen molar-refractivity contribution >= 4 is 18.3 Å². The molecule has 1 unspecified atom stereocenters. The molecular formula is C12H17ClN6O2. The van der Waals surface area contributed by atoms with E-state index in [1.165, 1.54) is 7.11 Å². The van der Waals surface area contributed by atoms with Crippen molar-refractivity contribution in [2.24, 2.45) is 5.73 Å². The fourth-order valence-electron chi connectivity index (χ4n) is 1.63. The largest absolute Gasteiger partial charge is 0.383 e. The first kappa shape index (κ1) is 17.0. The summed E-state index contributed by atoms with van der Waals surface area (Å²) in [5.41, 5.74) is 7.42. The van der Waals surface area contributed by atoms with Gasteiger partial charge in [-0.1, -0.05) is 24.3 Å². The van der Waals surface area contributed by atoms with Gasteiger partial charge in [-0.25, -0.2) is 0 Å². The van der Waals surface area contributed by atoms with Gasteiger partial charge < -0.3 is 15.8 Å². The molecule has 0 spiro atoms. The van der Waals surface area contributed by atoms with Crippen LogP contribution in [0, 0.1) is 0 Å². The fourth-order valence-corrected chi connectivity index (χ4v) is 1.63. The number of rotatable bonds is 6. The van der Waals surface area contributed by atoms with Crippen molar-refractivity contribution in [1.82, 2.24) is 25.9 Å². The first-order valence-corrected chi connectivity index (χ1v) is 6.05. The third-order valence-electron chi connectivity index (χ3n) is 2.71. The number of amides is 1. The lowest BCUT2D eigenvalue weighted by Crippen LogP contribution is -2.43. The molecular weight excluding hydrogens is 296 g/mol. The average molecular weight is 313 g/mol. The van der Waals surface area contributed by atoms with Crippen molar-refractivity contribution in [3.05, 3.63) is 29.8 Å². The predicted octanol–water partition coefficient (Wildman–Crippen LogP) is -0.122. The summed E-state index contributed by atoms with van der Waals surface area (Å²) < 4.78 is 4.83. The van der Waals surface area contributed by atoms with Crippen molar-refractivity contribution < 1.29 is 9.53 Å². The summed E-state index contributed by atoms with van der Waals surface area (Å²) in [5, 5.41) is 16.4. The first-order chi connectivity index (χ1) is 9.70. The highest BCUT2D eigenvalue weighted by atomic mass is 35.5. The molecule has 1 heterocycles. The molecule has 1 aromatic carbocycles. The molecule has 114 valence electrons. The summed E-state index contributed by atoms with van der Waals surface area (Å²) in [4.78, 5) is 11.6. The Bertz CT molecular complexity index is 545. The normalized spacial score (nSPS) is 11.5. The van der Waals surface area contributed by atoms with Crippen LogP contribution in [-0.4, -0.2) is 46.3 Å². The summed E-state index contributed by atoms with van der Waals surface area (Å²) in [6, 6.07) is 6.84. The number of halogens is 1. The molecule has 0 saturated carbocycles. The zero-order valence-corrected chi connectivity index (χ0v) is 12.3. The maximum atomic E-state index is 11.6. The number of aromatic amines is 1. The van der Waals surface area contributed by atoms with Gasteiger partial charge in [0, 0.05) is 19.2 Å². The van der Waals surface area contributed by atoms with Crippen molar-refractivity contribution in [1.29, 1.82) is 0 Å². The van der Waals surface area contributed by atoms with Gasteiger partial charge in [-0.05, 0) is 10.8 Å². The number of carbonyl (C=O) groups excluding carboxylic acids is 1. The first-order valence-electron chi connectivity index (χ1n) is 6.05. The molecule has 4 N–H and O–H groups in total. The van der Waals surface area contributed by atoms with E-state index < -0.39 is 6.04 Å². The number of aromatic nitrogens is 4. The Kier molecular flexibility index (Phi) is 6.73. The highest BCUT2D eigenvalue weighted by Gasteiger charge is 2.12. The van der Waals surface area contributed by atoms with Crippen LogP contribution in [0.1, 0.15) is 5.56 Å². The second-order valence-electron chi connectivity index (χ2n) is 4.21. The van der Waals surface area contributed by atoms with Gasteiger partial charge in [-0.15, -0.1) is 22.6 Å². The van der Waals surface area contributed by atoms with E-state index >= 15 is 0 Å². The van der Waals surface area contributed by atoms with Crippen molar-refractivity contribution in [2.45, 2.75) is 12.6 Å². The topological polar surface area (TPSA) is 119 Å². The monoisotopic (exact) mass is 312 g/mol. The SMILES string of the molecule is COCC(N)C(=O)NCc1ccc(-c2nn[nH]n2)cc1.Cl. The Morgan fingerprint density at radius 1 is 1.43 bits per heavy atom. The van der Waals surface area contributed by atoms with Crippen LogP contribution in [0.5, 0.6) is 0 Å². The highest BCUT2D eigenvalue weighted by Crippen LogP contribution is 2.13. The number of nitrogens with two attached hydrogens (primary N) is 1. The van der Waals surface area contributed by atoms with E-state index in [2.05, 4.69) is 25.9 Å². The number of H-pyrrole nitrogens is 1. The minimum atomic E-state index is -0.654. The molecule has 8 nitrogen and oxygen atoms in total. The Morgan fingerprint density at radius 3 is 2.71 bits per heavy atom. The Hall–Kier alpha value is -2.03. The highest BCUT2D eigenvalue weighted by molar-refractivity contribution is 5.85. The van der Waals surface area contributed by atoms with E-state index in [1.807, 2.05) is 24.3 Å². The van der Waals surface area contributed by atoms with Crippen LogP contribution in [0.15, 0.2) is 24.3 Å². The van der Waals surface area contributed by atoms with Gasteiger partial charge in [0.05, 0.1) is 6.61 Å². The van der Waals surface area contributed by atoms with Crippen LogP contribution < -0.4 is 11.1 Å². The van der Waals surface area contributed by atoms with E-state index in [9.17, 15) is 4.79 Å². The van der Waals surface area contributed by atoms with E-state index in [0.29, 0.717) is 12.4 Å². The second-order valence-corrected chi connectivity index (χ2v) is 4.21. The molecule has 2 aromatic rings. The molecule has 1 atom stereocenters. The lowest BCUT2D eigenvalue weighted by molar-refractivity contribution is -0.123. The van der Waals surface area contributed by atoms with Gasteiger partial charge in [0.1, 0.15) is 6.04 Å². The average Bonchev–Trinajstić information content (AvgIpc) is 2.99. The maximum Gasteiger partial charge on any atom is 0.239 e. The number of methoxy groups -OCH3 is 1. The molecule has 9 heteroatoms. The number of benzene rings is 1. The van der Waals surface area contributed by atoms with Crippen LogP contribution in [0.3, 0.4) is 0 Å². The number of tetrazole rings is 1. The fraction of sp³-hybridized carbons (Fsp3) is 0.333. The van der Waals surface area contributed by atoms with Crippen molar-refractivity contribution in [3.8, 4) is 11.4 Å². The lowest BCUT2D eigenvalue weighted by atomic mass is 10.1. The summed E-state index contributed by atoms with van der Waals surface area (Å²) >= 11 is 0. The number of carbonyl (C=O) groups is 1. The number of nitrogens with zero attached hydrogens (tertiary/aromatic N) is 3. The molecule has 0 saturated heterocycles. The van der Waals surface area contributed by atoms with Gasteiger partial charge in [-0.2, -0.15) is 5.21 Å². The molecule has 0 aliphatic heterocycles. The van der Waals surface area contributed by atoms with E-state index in [4.69, 9.17) is 10.5 Å².